The van der Waals surface area contributed by atoms with Gasteiger partial charge in [-0.3, -0.25) is 0 Å². The summed E-state index contributed by atoms with van der Waals surface area (Å²) in [4.78, 5) is 1.24. The van der Waals surface area contributed by atoms with Crippen molar-refractivity contribution in [2.24, 2.45) is 11.7 Å². The second kappa shape index (κ2) is 4.91. The molecular formula is C11H19NOS. The molecule has 1 heterocycles. The number of thiophene rings is 1. The van der Waals surface area contributed by atoms with E-state index in [1.165, 1.54) is 10.4 Å². The van der Waals surface area contributed by atoms with Gasteiger partial charge in [-0.25, -0.2) is 0 Å². The van der Waals surface area contributed by atoms with Gasteiger partial charge in [-0.05, 0) is 29.9 Å². The highest BCUT2D eigenvalue weighted by molar-refractivity contribution is 7.10. The van der Waals surface area contributed by atoms with Gasteiger partial charge < -0.3 is 10.5 Å². The number of methoxy groups -OCH3 is 1. The van der Waals surface area contributed by atoms with Crippen LogP contribution in [0.3, 0.4) is 0 Å². The summed E-state index contributed by atoms with van der Waals surface area (Å²) in [5.74, 6) is 0.441. The number of nitrogens with two attached hydrogens (primary N) is 1. The molecule has 0 saturated carbocycles. The third-order valence-corrected chi connectivity index (χ3v) is 3.61. The van der Waals surface area contributed by atoms with Gasteiger partial charge >= 0.3 is 0 Å². The molecule has 0 bridgehead atoms. The first-order chi connectivity index (χ1) is 6.57. The summed E-state index contributed by atoms with van der Waals surface area (Å²) in [5.41, 5.74) is 7.45. The van der Waals surface area contributed by atoms with E-state index in [2.05, 4.69) is 32.2 Å². The molecule has 0 radical (unpaired) electrons. The van der Waals surface area contributed by atoms with E-state index in [9.17, 15) is 0 Å². The first-order valence-electron chi connectivity index (χ1n) is 4.90. The van der Waals surface area contributed by atoms with Gasteiger partial charge in [0.15, 0.2) is 0 Å². The van der Waals surface area contributed by atoms with Crippen LogP contribution in [-0.2, 0) is 4.74 Å². The molecule has 1 rings (SSSR count). The van der Waals surface area contributed by atoms with Crippen LogP contribution in [0.25, 0.3) is 0 Å². The molecular weight excluding hydrogens is 194 g/mol. The summed E-state index contributed by atoms with van der Waals surface area (Å²) in [6, 6.07) is 2.10. The highest BCUT2D eigenvalue weighted by atomic mass is 32.1. The molecule has 0 fully saturated rings. The fraction of sp³-hybridized carbons (Fsp3) is 0.636. The van der Waals surface area contributed by atoms with Crippen molar-refractivity contribution >= 4 is 11.3 Å². The lowest BCUT2D eigenvalue weighted by Gasteiger charge is -2.25. The third kappa shape index (κ3) is 2.35. The molecule has 2 atom stereocenters. The minimum atomic E-state index is -0.000000000000000444. The van der Waals surface area contributed by atoms with Gasteiger partial charge in [0.05, 0.1) is 12.1 Å². The molecule has 0 aliphatic carbocycles. The van der Waals surface area contributed by atoms with Crippen molar-refractivity contribution in [2.75, 3.05) is 7.11 Å². The molecule has 2 N–H and O–H groups in total. The topological polar surface area (TPSA) is 35.2 Å². The van der Waals surface area contributed by atoms with Crippen molar-refractivity contribution in [3.05, 3.63) is 21.9 Å². The third-order valence-electron chi connectivity index (χ3n) is 2.49. The van der Waals surface area contributed by atoms with E-state index in [0.29, 0.717) is 5.92 Å². The van der Waals surface area contributed by atoms with Gasteiger partial charge in [0.25, 0.3) is 0 Å². The molecule has 0 spiro atoms. The van der Waals surface area contributed by atoms with Crippen LogP contribution in [0.1, 0.15) is 30.3 Å². The zero-order chi connectivity index (χ0) is 10.7. The Labute approximate surface area is 90.1 Å². The Morgan fingerprint density at radius 2 is 2.07 bits per heavy atom. The van der Waals surface area contributed by atoms with Gasteiger partial charge in [0.2, 0.25) is 0 Å². The van der Waals surface area contributed by atoms with E-state index in [0.717, 1.165) is 0 Å². The zero-order valence-electron chi connectivity index (χ0n) is 9.28. The lowest BCUT2D eigenvalue weighted by molar-refractivity contribution is 0.0444. The lowest BCUT2D eigenvalue weighted by atomic mass is 9.97. The molecule has 0 aliphatic rings. The molecule has 2 unspecified atom stereocenters. The first-order valence-corrected chi connectivity index (χ1v) is 5.78. The predicted octanol–water partition coefficient (Wildman–Crippen LogP) is 2.73. The lowest BCUT2D eigenvalue weighted by Crippen LogP contribution is -2.32. The predicted molar refractivity (Wildman–Crippen MR) is 61.6 cm³/mol. The molecule has 0 saturated heterocycles. The molecule has 0 amide bonds. The summed E-state index contributed by atoms with van der Waals surface area (Å²) in [5, 5.41) is 2.08. The number of hydrogen-bond donors (Lipinski definition) is 1. The SMILES string of the molecule is COC(C(C)C)C(N)c1sccc1C. The Bertz CT molecular complexity index is 283. The van der Waals surface area contributed by atoms with Crippen LogP contribution in [0, 0.1) is 12.8 Å². The first kappa shape index (κ1) is 11.7. The maximum Gasteiger partial charge on any atom is 0.0794 e. The zero-order valence-corrected chi connectivity index (χ0v) is 10.1. The highest BCUT2D eigenvalue weighted by Gasteiger charge is 2.24. The van der Waals surface area contributed by atoms with Crippen LogP contribution < -0.4 is 5.73 Å². The van der Waals surface area contributed by atoms with Crippen LogP contribution in [-0.4, -0.2) is 13.2 Å². The minimum Gasteiger partial charge on any atom is -0.379 e. The Morgan fingerprint density at radius 3 is 2.43 bits per heavy atom. The van der Waals surface area contributed by atoms with E-state index >= 15 is 0 Å². The van der Waals surface area contributed by atoms with Crippen molar-refractivity contribution in [1.29, 1.82) is 0 Å². The summed E-state index contributed by atoms with van der Waals surface area (Å²) in [6.07, 6.45) is 0.104. The average Bonchev–Trinajstić information content (AvgIpc) is 2.51. The summed E-state index contributed by atoms with van der Waals surface area (Å²) in [6.45, 7) is 6.37. The molecule has 3 heteroatoms. The highest BCUT2D eigenvalue weighted by Crippen LogP contribution is 2.28. The number of hydrogen-bond acceptors (Lipinski definition) is 3. The molecule has 0 aliphatic heterocycles. The van der Waals surface area contributed by atoms with Gasteiger partial charge in [0, 0.05) is 12.0 Å². The van der Waals surface area contributed by atoms with E-state index < -0.39 is 0 Å². The fourth-order valence-electron chi connectivity index (χ4n) is 1.71. The van der Waals surface area contributed by atoms with E-state index in [4.69, 9.17) is 10.5 Å². The van der Waals surface area contributed by atoms with Crippen LogP contribution in [0.2, 0.25) is 0 Å². The number of ether oxygens (including phenoxy) is 1. The Hall–Kier alpha value is -0.380. The standard InChI is InChI=1S/C11H19NOS/c1-7(2)10(13-4)9(12)11-8(3)5-6-14-11/h5-7,9-10H,12H2,1-4H3. The van der Waals surface area contributed by atoms with Crippen molar-refractivity contribution in [3.8, 4) is 0 Å². The van der Waals surface area contributed by atoms with Crippen LogP contribution in [0.5, 0.6) is 0 Å². The normalized spacial score (nSPS) is 15.9. The van der Waals surface area contributed by atoms with Gasteiger partial charge in [-0.1, -0.05) is 13.8 Å². The van der Waals surface area contributed by atoms with Crippen LogP contribution in [0.4, 0.5) is 0 Å². The Balaban J connectivity index is 2.83. The smallest absolute Gasteiger partial charge is 0.0794 e. The molecule has 1 aromatic rings. The minimum absolute atomic E-state index is 0.000000000000000444. The van der Waals surface area contributed by atoms with Gasteiger partial charge in [-0.2, -0.15) is 0 Å². The fourth-order valence-corrected chi connectivity index (χ4v) is 2.67. The van der Waals surface area contributed by atoms with Gasteiger partial charge in [0.1, 0.15) is 0 Å². The van der Waals surface area contributed by atoms with Crippen molar-refractivity contribution in [1.82, 2.24) is 0 Å². The molecule has 0 aromatic carbocycles. The largest absolute Gasteiger partial charge is 0.379 e. The molecule has 14 heavy (non-hydrogen) atoms. The summed E-state index contributed by atoms with van der Waals surface area (Å²) in [7, 11) is 1.73. The second-order valence-corrected chi connectivity index (χ2v) is 4.89. The molecule has 2 nitrogen and oxygen atoms in total. The van der Waals surface area contributed by atoms with Crippen LogP contribution >= 0.6 is 11.3 Å². The molecule has 80 valence electrons. The number of rotatable bonds is 4. The molecule has 1 aromatic heterocycles. The number of aryl methyl sites for hydroxylation is 1. The Kier molecular flexibility index (Phi) is 4.11. The van der Waals surface area contributed by atoms with E-state index in [-0.39, 0.29) is 12.1 Å². The maximum atomic E-state index is 6.18. The summed E-state index contributed by atoms with van der Waals surface area (Å²) < 4.78 is 5.43. The monoisotopic (exact) mass is 213 g/mol. The van der Waals surface area contributed by atoms with Crippen LogP contribution in [0.15, 0.2) is 11.4 Å². The van der Waals surface area contributed by atoms with Crippen molar-refractivity contribution in [3.63, 3.8) is 0 Å². The Morgan fingerprint density at radius 1 is 1.43 bits per heavy atom. The van der Waals surface area contributed by atoms with Gasteiger partial charge in [-0.15, -0.1) is 11.3 Å². The second-order valence-electron chi connectivity index (χ2n) is 3.94. The summed E-state index contributed by atoms with van der Waals surface area (Å²) >= 11 is 1.71. The van der Waals surface area contributed by atoms with E-state index in [1.807, 2.05) is 0 Å². The van der Waals surface area contributed by atoms with Crippen molar-refractivity contribution < 1.29 is 4.74 Å². The average molecular weight is 213 g/mol. The van der Waals surface area contributed by atoms with E-state index in [1.54, 1.807) is 18.4 Å². The van der Waals surface area contributed by atoms with Crippen molar-refractivity contribution in [2.45, 2.75) is 32.9 Å². The quantitative estimate of drug-likeness (QED) is 0.834. The maximum absolute atomic E-state index is 6.18.